The van der Waals surface area contributed by atoms with Crippen LogP contribution < -0.4 is 15.0 Å². The fourth-order valence-electron chi connectivity index (χ4n) is 4.67. The van der Waals surface area contributed by atoms with Crippen molar-refractivity contribution in [1.82, 2.24) is 15.2 Å². The summed E-state index contributed by atoms with van der Waals surface area (Å²) in [7, 11) is 0. The molecule has 7 nitrogen and oxygen atoms in total. The van der Waals surface area contributed by atoms with Crippen LogP contribution in [0.5, 0.6) is 5.75 Å². The zero-order valence-electron chi connectivity index (χ0n) is 19.1. The Morgan fingerprint density at radius 3 is 2.65 bits per heavy atom. The molecule has 3 heterocycles. The van der Waals surface area contributed by atoms with Gasteiger partial charge in [-0.15, -0.1) is 0 Å². The van der Waals surface area contributed by atoms with Crippen LogP contribution in [0.15, 0.2) is 42.6 Å². The largest absolute Gasteiger partial charge is 0.434 e. The van der Waals surface area contributed by atoms with Gasteiger partial charge in [0, 0.05) is 44.5 Å². The molecule has 9 heteroatoms. The average Bonchev–Trinajstić information content (AvgIpc) is 2.87. The number of likely N-dealkylation sites (tertiary alicyclic amines) is 1. The van der Waals surface area contributed by atoms with Crippen molar-refractivity contribution in [3.63, 3.8) is 0 Å². The average molecular weight is 473 g/mol. The van der Waals surface area contributed by atoms with Crippen molar-refractivity contribution in [3.05, 3.63) is 53.7 Å². The Kier molecular flexibility index (Phi) is 7.92. The highest BCUT2D eigenvalue weighted by molar-refractivity contribution is 5.97. The van der Waals surface area contributed by atoms with Crippen molar-refractivity contribution < 1.29 is 23.1 Å². The molecular formula is C25H30F2N4O3. The van der Waals surface area contributed by atoms with Gasteiger partial charge in [0.2, 0.25) is 5.91 Å². The molecule has 1 aromatic carbocycles. The zero-order valence-corrected chi connectivity index (χ0v) is 19.1. The van der Waals surface area contributed by atoms with Gasteiger partial charge in [-0.25, -0.2) is 4.98 Å². The number of anilines is 1. The van der Waals surface area contributed by atoms with E-state index in [1.807, 2.05) is 12.1 Å². The van der Waals surface area contributed by atoms with Gasteiger partial charge in [0.1, 0.15) is 11.6 Å². The number of hydrogen-bond donors (Lipinski definition) is 1. The van der Waals surface area contributed by atoms with Crippen molar-refractivity contribution in [1.29, 1.82) is 0 Å². The Morgan fingerprint density at radius 2 is 1.85 bits per heavy atom. The van der Waals surface area contributed by atoms with Crippen LogP contribution in [0, 0.1) is 5.92 Å². The van der Waals surface area contributed by atoms with E-state index in [9.17, 15) is 18.4 Å². The molecule has 1 N–H and O–H groups in total. The summed E-state index contributed by atoms with van der Waals surface area (Å²) in [5.41, 5.74) is 1.05. The van der Waals surface area contributed by atoms with Crippen LogP contribution in [0.4, 0.5) is 14.6 Å². The second-order valence-electron chi connectivity index (χ2n) is 8.72. The summed E-state index contributed by atoms with van der Waals surface area (Å²) in [6.45, 7) is -0.0136. The quantitative estimate of drug-likeness (QED) is 0.663. The van der Waals surface area contributed by atoms with E-state index in [1.165, 1.54) is 24.6 Å². The smallest absolute Gasteiger partial charge is 0.387 e. The highest BCUT2D eigenvalue weighted by Gasteiger charge is 2.30. The third-order valence-electron chi connectivity index (χ3n) is 6.39. The van der Waals surface area contributed by atoms with Gasteiger partial charge in [-0.05, 0) is 50.3 Å². The Labute approximate surface area is 198 Å². The van der Waals surface area contributed by atoms with Crippen LogP contribution in [0.1, 0.15) is 48.0 Å². The lowest BCUT2D eigenvalue weighted by Gasteiger charge is -2.32. The van der Waals surface area contributed by atoms with E-state index in [2.05, 4.69) is 19.9 Å². The number of pyridine rings is 1. The van der Waals surface area contributed by atoms with E-state index in [4.69, 9.17) is 0 Å². The molecule has 34 heavy (non-hydrogen) atoms. The van der Waals surface area contributed by atoms with Crippen molar-refractivity contribution in [3.8, 4) is 5.75 Å². The summed E-state index contributed by atoms with van der Waals surface area (Å²) in [4.78, 5) is 34.4. The summed E-state index contributed by atoms with van der Waals surface area (Å²) in [5, 5.41) is 3.02. The Balaban J connectivity index is 1.38. The summed E-state index contributed by atoms with van der Waals surface area (Å²) >= 11 is 0. The Bertz CT molecular complexity index is 998. The lowest BCUT2D eigenvalue weighted by Crippen LogP contribution is -2.45. The molecule has 2 aliphatic heterocycles. The minimum absolute atomic E-state index is 0.0744. The number of piperidine rings is 2. The minimum atomic E-state index is -3.02. The van der Waals surface area contributed by atoms with E-state index in [1.54, 1.807) is 17.2 Å². The molecule has 2 fully saturated rings. The molecule has 1 unspecified atom stereocenters. The maximum atomic E-state index is 13.0. The van der Waals surface area contributed by atoms with Crippen LogP contribution in [0.3, 0.4) is 0 Å². The number of halogens is 2. The van der Waals surface area contributed by atoms with Gasteiger partial charge in [0.05, 0.1) is 11.5 Å². The molecule has 2 saturated heterocycles. The number of hydrogen-bond acceptors (Lipinski definition) is 5. The van der Waals surface area contributed by atoms with Gasteiger partial charge in [0.15, 0.2) is 0 Å². The maximum Gasteiger partial charge on any atom is 0.387 e. The molecule has 2 aliphatic rings. The number of carbonyl (C=O) groups is 2. The molecule has 2 aromatic rings. The third-order valence-corrected chi connectivity index (χ3v) is 6.39. The summed E-state index contributed by atoms with van der Waals surface area (Å²) in [5.74, 6) is -0.137. The number of para-hydroxylation sites is 1. The molecule has 0 saturated carbocycles. The van der Waals surface area contributed by atoms with Gasteiger partial charge in [0.25, 0.3) is 5.91 Å². The third kappa shape index (κ3) is 5.81. The Morgan fingerprint density at radius 1 is 1.06 bits per heavy atom. The molecule has 0 spiro atoms. The van der Waals surface area contributed by atoms with Crippen molar-refractivity contribution in [2.75, 3.05) is 31.1 Å². The molecule has 1 aromatic heterocycles. The fourth-order valence-corrected chi connectivity index (χ4v) is 4.67. The van der Waals surface area contributed by atoms with Crippen molar-refractivity contribution in [2.45, 2.75) is 45.3 Å². The number of nitrogens with one attached hydrogen (secondary N) is 1. The first-order valence-corrected chi connectivity index (χ1v) is 11.8. The van der Waals surface area contributed by atoms with E-state index in [-0.39, 0.29) is 29.7 Å². The first-order valence-electron chi connectivity index (χ1n) is 11.8. The first kappa shape index (κ1) is 23.9. The number of nitrogens with zero attached hydrogens (tertiary/aromatic N) is 3. The van der Waals surface area contributed by atoms with Gasteiger partial charge < -0.3 is 19.9 Å². The second-order valence-corrected chi connectivity index (χ2v) is 8.72. The van der Waals surface area contributed by atoms with Crippen molar-refractivity contribution >= 4 is 17.6 Å². The fraction of sp³-hybridized carbons (Fsp3) is 0.480. The second kappa shape index (κ2) is 11.3. The number of carbonyl (C=O) groups excluding carboxylic acids is 2. The first-order chi connectivity index (χ1) is 16.5. The molecule has 0 aliphatic carbocycles. The van der Waals surface area contributed by atoms with E-state index < -0.39 is 12.5 Å². The highest BCUT2D eigenvalue weighted by Crippen LogP contribution is 2.26. The standard InChI is InChI=1S/C25H30F2N4O3/c26-25(27)34-21-11-3-2-10-20(21)24(33)31-15-7-9-19(17-31)23(32)29-16-18-8-6-12-28-22(18)30-13-4-1-5-14-30/h2-3,6,8,10-12,19,25H,1,4-5,7,9,13-17H2,(H,29,32). The summed E-state index contributed by atoms with van der Waals surface area (Å²) in [6, 6.07) is 9.81. The molecule has 0 bridgehead atoms. The predicted octanol–water partition coefficient (Wildman–Crippen LogP) is 3.84. The zero-order chi connectivity index (χ0) is 23.9. The lowest BCUT2D eigenvalue weighted by molar-refractivity contribution is -0.126. The maximum absolute atomic E-state index is 13.0. The summed E-state index contributed by atoms with van der Waals surface area (Å²) in [6.07, 6.45) is 6.60. The Hall–Kier alpha value is -3.23. The highest BCUT2D eigenvalue weighted by atomic mass is 19.3. The van der Waals surface area contributed by atoms with Crippen molar-refractivity contribution in [2.24, 2.45) is 5.92 Å². The molecule has 182 valence electrons. The van der Waals surface area contributed by atoms with Crippen LogP contribution in [0.25, 0.3) is 0 Å². The van der Waals surface area contributed by atoms with Crippen LogP contribution in [-0.2, 0) is 11.3 Å². The molecule has 0 radical (unpaired) electrons. The number of amides is 2. The number of benzene rings is 1. The van der Waals surface area contributed by atoms with Crippen LogP contribution in [0.2, 0.25) is 0 Å². The minimum Gasteiger partial charge on any atom is -0.434 e. The van der Waals surface area contributed by atoms with Gasteiger partial charge in [-0.3, -0.25) is 9.59 Å². The van der Waals surface area contributed by atoms with E-state index >= 15 is 0 Å². The number of ether oxygens (including phenoxy) is 1. The van der Waals surface area contributed by atoms with Gasteiger partial charge in [-0.1, -0.05) is 18.2 Å². The number of aromatic nitrogens is 1. The number of rotatable bonds is 7. The summed E-state index contributed by atoms with van der Waals surface area (Å²) < 4.78 is 30.0. The predicted molar refractivity (Wildman–Crippen MR) is 124 cm³/mol. The SMILES string of the molecule is O=C(NCc1cccnc1N1CCCCC1)C1CCCN(C(=O)c2ccccc2OC(F)F)C1. The molecule has 4 rings (SSSR count). The molecule has 2 amide bonds. The number of alkyl halides is 2. The topological polar surface area (TPSA) is 74.8 Å². The lowest BCUT2D eigenvalue weighted by atomic mass is 9.96. The van der Waals surface area contributed by atoms with Crippen LogP contribution in [-0.4, -0.2) is 54.5 Å². The molecule has 1 atom stereocenters. The molecular weight excluding hydrogens is 442 g/mol. The van der Waals surface area contributed by atoms with Gasteiger partial charge in [-0.2, -0.15) is 8.78 Å². The van der Waals surface area contributed by atoms with Gasteiger partial charge >= 0.3 is 6.61 Å². The van der Waals surface area contributed by atoms with E-state index in [0.29, 0.717) is 25.9 Å². The van der Waals surface area contributed by atoms with E-state index in [0.717, 1.165) is 37.3 Å². The van der Waals surface area contributed by atoms with Crippen LogP contribution >= 0.6 is 0 Å². The normalized spacial score (nSPS) is 18.6. The monoisotopic (exact) mass is 472 g/mol.